The van der Waals surface area contributed by atoms with Gasteiger partial charge in [0, 0.05) is 13.6 Å². The van der Waals surface area contributed by atoms with E-state index in [0.717, 1.165) is 0 Å². The van der Waals surface area contributed by atoms with Gasteiger partial charge in [0.15, 0.2) is 16.7 Å². The van der Waals surface area contributed by atoms with Crippen molar-refractivity contribution in [2.45, 2.75) is 19.9 Å². The summed E-state index contributed by atoms with van der Waals surface area (Å²) in [4.78, 5) is 21.4. The summed E-state index contributed by atoms with van der Waals surface area (Å²) >= 11 is 5.87. The summed E-state index contributed by atoms with van der Waals surface area (Å²) in [5.41, 5.74) is 0. The van der Waals surface area contributed by atoms with E-state index in [2.05, 4.69) is 15.3 Å². The number of likely N-dealkylation sites (N-methyl/N-ethyl adjacent to an activating group) is 1. The second kappa shape index (κ2) is 6.39. The molecule has 1 amide bonds. The van der Waals surface area contributed by atoms with Crippen LogP contribution in [0.1, 0.15) is 13.8 Å². The monoisotopic (exact) mass is 272 g/mol. The van der Waals surface area contributed by atoms with Crippen LogP contribution in [0, 0.1) is 0 Å². The lowest BCUT2D eigenvalue weighted by atomic mass is 10.3. The second-order valence-corrected chi connectivity index (χ2v) is 4.12. The van der Waals surface area contributed by atoms with E-state index in [9.17, 15) is 4.79 Å². The van der Waals surface area contributed by atoms with Crippen molar-refractivity contribution in [3.05, 3.63) is 11.5 Å². The molecule has 0 aliphatic rings. The van der Waals surface area contributed by atoms with Gasteiger partial charge >= 0.3 is 0 Å². The highest BCUT2D eigenvalue weighted by Gasteiger charge is 2.19. The second-order valence-electron chi connectivity index (χ2n) is 3.76. The summed E-state index contributed by atoms with van der Waals surface area (Å²) in [6, 6.07) is -0.421. The maximum atomic E-state index is 11.9. The number of halogens is 1. The first kappa shape index (κ1) is 14.5. The van der Waals surface area contributed by atoms with Crippen molar-refractivity contribution in [2.24, 2.45) is 0 Å². The van der Waals surface area contributed by atoms with Gasteiger partial charge in [-0.1, -0.05) is 11.6 Å². The molecule has 1 rings (SSSR count). The van der Waals surface area contributed by atoms with Crippen molar-refractivity contribution in [1.29, 1.82) is 0 Å². The molecule has 0 radical (unpaired) electrons. The Morgan fingerprint density at radius 2 is 2.28 bits per heavy atom. The minimum absolute atomic E-state index is 0.0331. The lowest BCUT2D eigenvalue weighted by Crippen LogP contribution is -2.39. The van der Waals surface area contributed by atoms with E-state index in [0.29, 0.717) is 18.1 Å². The van der Waals surface area contributed by atoms with E-state index in [1.165, 1.54) is 13.4 Å². The predicted molar refractivity (Wildman–Crippen MR) is 70.0 cm³/mol. The molecule has 0 fully saturated rings. The molecule has 0 bridgehead atoms. The van der Waals surface area contributed by atoms with Crippen LogP contribution in [0.3, 0.4) is 0 Å². The van der Waals surface area contributed by atoms with Crippen LogP contribution in [-0.4, -0.2) is 47.5 Å². The number of aromatic nitrogens is 2. The van der Waals surface area contributed by atoms with Gasteiger partial charge in [-0.05, 0) is 13.8 Å². The fourth-order valence-electron chi connectivity index (χ4n) is 1.39. The van der Waals surface area contributed by atoms with Gasteiger partial charge in [-0.3, -0.25) is 4.79 Å². The molecule has 1 atom stereocenters. The number of nitrogens with zero attached hydrogens (tertiary/aromatic N) is 3. The van der Waals surface area contributed by atoms with E-state index in [-0.39, 0.29) is 11.1 Å². The molecule has 1 unspecified atom stereocenters. The number of amides is 1. The minimum atomic E-state index is -0.421. The van der Waals surface area contributed by atoms with Gasteiger partial charge in [0.2, 0.25) is 5.91 Å². The van der Waals surface area contributed by atoms with Crippen LogP contribution in [0.4, 0.5) is 5.82 Å². The molecular weight excluding hydrogens is 256 g/mol. The fraction of sp³-hybridized carbons (Fsp3) is 0.545. The zero-order valence-electron chi connectivity index (χ0n) is 10.9. The predicted octanol–water partition coefficient (Wildman–Crippen LogP) is 1.42. The Morgan fingerprint density at radius 1 is 1.61 bits per heavy atom. The molecule has 0 aromatic carbocycles. The summed E-state index contributed by atoms with van der Waals surface area (Å²) in [6.07, 6.45) is 1.31. The number of carbonyl (C=O) groups excluding carboxylic acids is 1. The number of hydrogen-bond acceptors (Lipinski definition) is 5. The maximum Gasteiger partial charge on any atom is 0.244 e. The first-order valence-corrected chi connectivity index (χ1v) is 5.95. The average Bonchev–Trinajstić information content (AvgIpc) is 2.37. The Balaban J connectivity index is 2.85. The highest BCUT2D eigenvalue weighted by Crippen LogP contribution is 2.28. The summed E-state index contributed by atoms with van der Waals surface area (Å²) in [5.74, 6) is 0.704. The smallest absolute Gasteiger partial charge is 0.244 e. The molecule has 0 saturated carbocycles. The van der Waals surface area contributed by atoms with Gasteiger partial charge in [-0.15, -0.1) is 0 Å². The molecule has 1 aromatic heterocycles. The number of hydrogen-bond donors (Lipinski definition) is 1. The average molecular weight is 273 g/mol. The minimum Gasteiger partial charge on any atom is -0.490 e. The largest absolute Gasteiger partial charge is 0.490 e. The highest BCUT2D eigenvalue weighted by atomic mass is 35.5. The zero-order chi connectivity index (χ0) is 13.7. The third-order valence-electron chi connectivity index (χ3n) is 2.54. The van der Waals surface area contributed by atoms with Crippen LogP contribution in [0.15, 0.2) is 6.33 Å². The molecular formula is C11H17ClN4O2. The standard InChI is InChI=1S/C11H17ClN4O2/c1-5-16(3)11(17)7(2)15-10-8(18-4)9(12)13-6-14-10/h6-7H,5H2,1-4H3,(H,13,14,15). The van der Waals surface area contributed by atoms with Crippen LogP contribution in [-0.2, 0) is 4.79 Å². The van der Waals surface area contributed by atoms with Gasteiger partial charge in [-0.2, -0.15) is 0 Å². The number of anilines is 1. The summed E-state index contributed by atoms with van der Waals surface area (Å²) < 4.78 is 5.10. The van der Waals surface area contributed by atoms with Crippen LogP contribution in [0.25, 0.3) is 0 Å². The summed E-state index contributed by atoms with van der Waals surface area (Å²) in [5, 5.41) is 3.17. The molecule has 18 heavy (non-hydrogen) atoms. The highest BCUT2D eigenvalue weighted by molar-refractivity contribution is 6.31. The van der Waals surface area contributed by atoms with E-state index in [1.807, 2.05) is 6.92 Å². The molecule has 100 valence electrons. The number of rotatable bonds is 5. The normalized spacial score (nSPS) is 11.8. The quantitative estimate of drug-likeness (QED) is 0.821. The lowest BCUT2D eigenvalue weighted by Gasteiger charge is -2.21. The van der Waals surface area contributed by atoms with Gasteiger partial charge < -0.3 is 15.0 Å². The molecule has 6 nitrogen and oxygen atoms in total. The number of methoxy groups -OCH3 is 1. The Kier molecular flexibility index (Phi) is 5.15. The van der Waals surface area contributed by atoms with Gasteiger partial charge in [0.25, 0.3) is 0 Å². The van der Waals surface area contributed by atoms with Crippen molar-refractivity contribution in [2.75, 3.05) is 26.0 Å². The zero-order valence-corrected chi connectivity index (χ0v) is 11.7. The molecule has 1 N–H and O–H groups in total. The van der Waals surface area contributed by atoms with Crippen LogP contribution < -0.4 is 10.1 Å². The summed E-state index contributed by atoms with van der Waals surface area (Å²) in [6.45, 7) is 4.31. The van der Waals surface area contributed by atoms with Gasteiger partial charge in [0.1, 0.15) is 12.4 Å². The Bertz CT molecular complexity index is 428. The molecule has 1 aromatic rings. The lowest BCUT2D eigenvalue weighted by molar-refractivity contribution is -0.130. The molecule has 1 heterocycles. The Hall–Kier alpha value is -1.56. The van der Waals surface area contributed by atoms with Crippen molar-refractivity contribution in [3.63, 3.8) is 0 Å². The van der Waals surface area contributed by atoms with Crippen molar-refractivity contribution >= 4 is 23.3 Å². The molecule has 0 spiro atoms. The fourth-order valence-corrected chi connectivity index (χ4v) is 1.60. The van der Waals surface area contributed by atoms with Gasteiger partial charge in [0.05, 0.1) is 7.11 Å². The van der Waals surface area contributed by atoms with E-state index >= 15 is 0 Å². The van der Waals surface area contributed by atoms with Gasteiger partial charge in [-0.25, -0.2) is 9.97 Å². The number of ether oxygens (including phenoxy) is 1. The van der Waals surface area contributed by atoms with Crippen LogP contribution >= 0.6 is 11.6 Å². The molecule has 0 aliphatic heterocycles. The Labute approximate surface area is 111 Å². The summed E-state index contributed by atoms with van der Waals surface area (Å²) in [7, 11) is 3.21. The first-order chi connectivity index (χ1) is 8.51. The molecule has 0 aliphatic carbocycles. The SMILES string of the molecule is CCN(C)C(=O)C(C)Nc1ncnc(Cl)c1OC. The van der Waals surface area contributed by atoms with Crippen molar-refractivity contribution < 1.29 is 9.53 Å². The number of nitrogens with one attached hydrogen (secondary N) is 1. The number of carbonyl (C=O) groups is 1. The molecule has 0 saturated heterocycles. The molecule has 7 heteroatoms. The van der Waals surface area contributed by atoms with E-state index < -0.39 is 6.04 Å². The van der Waals surface area contributed by atoms with Crippen molar-refractivity contribution in [3.8, 4) is 5.75 Å². The van der Waals surface area contributed by atoms with E-state index in [1.54, 1.807) is 18.9 Å². The van der Waals surface area contributed by atoms with Crippen LogP contribution in [0.5, 0.6) is 5.75 Å². The van der Waals surface area contributed by atoms with Crippen LogP contribution in [0.2, 0.25) is 5.15 Å². The topological polar surface area (TPSA) is 67.4 Å². The third-order valence-corrected chi connectivity index (χ3v) is 2.81. The van der Waals surface area contributed by atoms with Crippen molar-refractivity contribution in [1.82, 2.24) is 14.9 Å². The third kappa shape index (κ3) is 3.22. The van der Waals surface area contributed by atoms with E-state index in [4.69, 9.17) is 16.3 Å². The Morgan fingerprint density at radius 3 is 2.83 bits per heavy atom. The maximum absolute atomic E-state index is 11.9. The first-order valence-electron chi connectivity index (χ1n) is 5.57.